The zero-order valence-electron chi connectivity index (χ0n) is 14.3. The Hall–Kier alpha value is -3.28. The molecule has 0 spiro atoms. The van der Waals surface area contributed by atoms with Crippen molar-refractivity contribution in [2.24, 2.45) is 7.05 Å². The van der Waals surface area contributed by atoms with E-state index < -0.39 is 0 Å². The van der Waals surface area contributed by atoms with Crippen molar-refractivity contribution in [1.29, 1.82) is 0 Å². The number of rotatable bonds is 4. The highest BCUT2D eigenvalue weighted by molar-refractivity contribution is 5.89. The van der Waals surface area contributed by atoms with Crippen molar-refractivity contribution in [3.05, 3.63) is 48.5 Å². The zero-order valence-corrected chi connectivity index (χ0v) is 14.3. The Bertz CT molecular complexity index is 914. The minimum Gasteiger partial charge on any atom is -0.504 e. The van der Waals surface area contributed by atoms with Gasteiger partial charge in [0.25, 0.3) is 0 Å². The first kappa shape index (κ1) is 16.6. The highest BCUT2D eigenvalue weighted by atomic mass is 16.5. The average Bonchev–Trinajstić information content (AvgIpc) is 2.97. The number of aromatic nitrogens is 2. The van der Waals surface area contributed by atoms with Gasteiger partial charge in [0.05, 0.1) is 18.5 Å². The molecule has 0 saturated heterocycles. The Morgan fingerprint density at radius 3 is 2.44 bits per heavy atom. The van der Waals surface area contributed by atoms with Crippen molar-refractivity contribution in [3.63, 3.8) is 0 Å². The number of carbonyl (C=O) groups is 1. The van der Waals surface area contributed by atoms with Crippen LogP contribution < -0.4 is 10.1 Å². The second kappa shape index (κ2) is 6.68. The molecule has 0 atom stereocenters. The Labute approximate surface area is 145 Å². The van der Waals surface area contributed by atoms with E-state index in [1.54, 1.807) is 16.8 Å². The van der Waals surface area contributed by atoms with Crippen molar-refractivity contribution >= 4 is 11.6 Å². The molecule has 6 nitrogen and oxygen atoms in total. The summed E-state index contributed by atoms with van der Waals surface area (Å²) in [4.78, 5) is 11.1. The Kier molecular flexibility index (Phi) is 4.43. The highest BCUT2D eigenvalue weighted by Crippen LogP contribution is 2.33. The molecule has 3 rings (SSSR count). The predicted molar refractivity (Wildman–Crippen MR) is 96.6 cm³/mol. The molecule has 2 N–H and O–H groups in total. The minimum absolute atomic E-state index is 0.0993. The summed E-state index contributed by atoms with van der Waals surface area (Å²) in [7, 11) is 3.38. The Morgan fingerprint density at radius 1 is 1.12 bits per heavy atom. The molecule has 1 heterocycles. The summed E-state index contributed by atoms with van der Waals surface area (Å²) in [5, 5.41) is 17.0. The van der Waals surface area contributed by atoms with E-state index in [-0.39, 0.29) is 11.7 Å². The molecule has 3 aromatic rings. The first-order valence-electron chi connectivity index (χ1n) is 7.77. The number of nitrogens with zero attached hydrogens (tertiary/aromatic N) is 2. The number of anilines is 1. The maximum Gasteiger partial charge on any atom is 0.221 e. The predicted octanol–water partition coefficient (Wildman–Crippen LogP) is 3.43. The third-order valence-electron chi connectivity index (χ3n) is 3.86. The van der Waals surface area contributed by atoms with Crippen LogP contribution in [0.2, 0.25) is 0 Å². The summed E-state index contributed by atoms with van der Waals surface area (Å²) in [5.74, 6) is 0.413. The SMILES string of the molecule is COc1cc(-c2cc(-c3ccc(NC(C)=O)cc3)nn2C)ccc1O. The van der Waals surface area contributed by atoms with Gasteiger partial charge in [-0.05, 0) is 36.4 Å². The van der Waals surface area contributed by atoms with Crippen LogP contribution in [-0.2, 0) is 11.8 Å². The van der Waals surface area contributed by atoms with Crippen molar-refractivity contribution < 1.29 is 14.6 Å². The van der Waals surface area contributed by atoms with Gasteiger partial charge in [-0.25, -0.2) is 0 Å². The number of aromatic hydroxyl groups is 1. The molecule has 1 aromatic heterocycles. The van der Waals surface area contributed by atoms with Crippen LogP contribution in [0.1, 0.15) is 6.92 Å². The monoisotopic (exact) mass is 337 g/mol. The Morgan fingerprint density at radius 2 is 1.80 bits per heavy atom. The van der Waals surface area contributed by atoms with Crippen molar-refractivity contribution in [2.75, 3.05) is 12.4 Å². The van der Waals surface area contributed by atoms with Crippen LogP contribution in [-0.4, -0.2) is 27.9 Å². The number of nitrogens with one attached hydrogen (secondary N) is 1. The lowest BCUT2D eigenvalue weighted by atomic mass is 10.1. The van der Waals surface area contributed by atoms with Gasteiger partial charge in [0.15, 0.2) is 11.5 Å². The summed E-state index contributed by atoms with van der Waals surface area (Å²) >= 11 is 0. The standard InChI is InChI=1S/C19H19N3O3/c1-12(23)20-15-7-4-13(5-8-15)16-11-17(22(2)21-16)14-6-9-18(24)19(10-14)25-3/h4-11,24H,1-3H3,(H,20,23). The molecule has 25 heavy (non-hydrogen) atoms. The van der Waals surface area contributed by atoms with Crippen LogP contribution >= 0.6 is 0 Å². The Balaban J connectivity index is 1.93. The van der Waals surface area contributed by atoms with E-state index in [1.807, 2.05) is 43.4 Å². The van der Waals surface area contributed by atoms with Crippen LogP contribution in [0.4, 0.5) is 5.69 Å². The minimum atomic E-state index is -0.103. The van der Waals surface area contributed by atoms with Gasteiger partial charge in [0.1, 0.15) is 0 Å². The van der Waals surface area contributed by atoms with Crippen LogP contribution in [0, 0.1) is 0 Å². The van der Waals surface area contributed by atoms with Crippen LogP contribution in [0.15, 0.2) is 48.5 Å². The molecule has 0 fully saturated rings. The number of hydrogen-bond donors (Lipinski definition) is 2. The first-order valence-corrected chi connectivity index (χ1v) is 7.77. The van der Waals surface area contributed by atoms with Crippen LogP contribution in [0.3, 0.4) is 0 Å². The number of aryl methyl sites for hydroxylation is 1. The molecule has 6 heteroatoms. The van der Waals surface area contributed by atoms with Gasteiger partial charge in [0, 0.05) is 30.8 Å². The summed E-state index contributed by atoms with van der Waals surface area (Å²) < 4.78 is 6.95. The fourth-order valence-electron chi connectivity index (χ4n) is 2.64. The summed E-state index contributed by atoms with van der Waals surface area (Å²) in [6, 6.07) is 14.7. The third-order valence-corrected chi connectivity index (χ3v) is 3.86. The number of hydrogen-bond acceptors (Lipinski definition) is 4. The largest absolute Gasteiger partial charge is 0.504 e. The van der Waals surface area contributed by atoms with E-state index in [2.05, 4.69) is 10.4 Å². The maximum absolute atomic E-state index is 11.1. The zero-order chi connectivity index (χ0) is 18.0. The van der Waals surface area contributed by atoms with E-state index in [4.69, 9.17) is 4.74 Å². The lowest BCUT2D eigenvalue weighted by Gasteiger charge is -2.06. The number of methoxy groups -OCH3 is 1. The number of phenolic OH excluding ortho intramolecular Hbond substituents is 1. The van der Waals surface area contributed by atoms with Crippen LogP contribution in [0.25, 0.3) is 22.5 Å². The molecule has 128 valence electrons. The number of amides is 1. The number of carbonyl (C=O) groups excluding carboxylic acids is 1. The van der Waals surface area contributed by atoms with Gasteiger partial charge >= 0.3 is 0 Å². The quantitative estimate of drug-likeness (QED) is 0.765. The van der Waals surface area contributed by atoms with E-state index in [1.165, 1.54) is 14.0 Å². The van der Waals surface area contributed by atoms with Crippen molar-refractivity contribution in [2.45, 2.75) is 6.92 Å². The van der Waals surface area contributed by atoms with Gasteiger partial charge in [-0.1, -0.05) is 12.1 Å². The molecule has 0 saturated carbocycles. The summed E-state index contributed by atoms with van der Waals surface area (Å²) in [6.45, 7) is 1.48. The van der Waals surface area contributed by atoms with E-state index >= 15 is 0 Å². The van der Waals surface area contributed by atoms with Gasteiger partial charge < -0.3 is 15.2 Å². The van der Waals surface area contributed by atoms with Gasteiger partial charge in [0.2, 0.25) is 5.91 Å². The number of ether oxygens (including phenoxy) is 1. The maximum atomic E-state index is 11.1. The average molecular weight is 337 g/mol. The van der Waals surface area contributed by atoms with Crippen molar-refractivity contribution in [3.8, 4) is 34.0 Å². The van der Waals surface area contributed by atoms with E-state index in [0.717, 1.165) is 28.2 Å². The summed E-state index contributed by atoms with van der Waals surface area (Å²) in [6.07, 6.45) is 0. The molecular formula is C19H19N3O3. The fourth-order valence-corrected chi connectivity index (χ4v) is 2.64. The molecule has 0 bridgehead atoms. The molecule has 0 aliphatic rings. The molecule has 0 aliphatic carbocycles. The van der Waals surface area contributed by atoms with Gasteiger partial charge in [-0.3, -0.25) is 9.48 Å². The normalized spacial score (nSPS) is 10.5. The van der Waals surface area contributed by atoms with E-state index in [9.17, 15) is 9.90 Å². The fraction of sp³-hybridized carbons (Fsp3) is 0.158. The molecule has 2 aromatic carbocycles. The third kappa shape index (κ3) is 3.47. The molecular weight excluding hydrogens is 318 g/mol. The molecule has 1 amide bonds. The topological polar surface area (TPSA) is 76.4 Å². The number of phenols is 1. The second-order valence-electron chi connectivity index (χ2n) is 5.68. The molecule has 0 radical (unpaired) electrons. The molecule has 0 aliphatic heterocycles. The first-order chi connectivity index (χ1) is 12.0. The lowest BCUT2D eigenvalue weighted by Crippen LogP contribution is -2.05. The van der Waals surface area contributed by atoms with Crippen LogP contribution in [0.5, 0.6) is 11.5 Å². The second-order valence-corrected chi connectivity index (χ2v) is 5.68. The smallest absolute Gasteiger partial charge is 0.221 e. The van der Waals surface area contributed by atoms with Crippen molar-refractivity contribution in [1.82, 2.24) is 9.78 Å². The van der Waals surface area contributed by atoms with Gasteiger partial charge in [-0.15, -0.1) is 0 Å². The molecule has 0 unspecified atom stereocenters. The number of benzene rings is 2. The summed E-state index contributed by atoms with van der Waals surface area (Å²) in [5.41, 5.74) is 4.31. The lowest BCUT2D eigenvalue weighted by molar-refractivity contribution is -0.114. The highest BCUT2D eigenvalue weighted by Gasteiger charge is 2.12. The van der Waals surface area contributed by atoms with Gasteiger partial charge in [-0.2, -0.15) is 5.10 Å². The van der Waals surface area contributed by atoms with E-state index in [0.29, 0.717) is 5.75 Å².